The molecule has 3 rings (SSSR count). The van der Waals surface area contributed by atoms with Gasteiger partial charge in [0.25, 0.3) is 0 Å². The van der Waals surface area contributed by atoms with E-state index >= 15 is 0 Å². The predicted octanol–water partition coefficient (Wildman–Crippen LogP) is 3.31. The predicted molar refractivity (Wildman–Crippen MR) is 109 cm³/mol. The number of nitrogens with zero attached hydrogens (tertiary/aromatic N) is 4. The average Bonchev–Trinajstić information content (AvgIpc) is 3.04. The van der Waals surface area contributed by atoms with Gasteiger partial charge in [-0.3, -0.25) is 4.99 Å². The molecule has 0 amide bonds. The molecule has 0 radical (unpaired) electrons. The maximum atomic E-state index is 4.54. The number of benzene rings is 1. The van der Waals surface area contributed by atoms with E-state index in [0.717, 1.165) is 28.7 Å². The van der Waals surface area contributed by atoms with Crippen molar-refractivity contribution in [1.29, 1.82) is 0 Å². The minimum Gasteiger partial charge on any atom is -0.352 e. The number of hydrogen-bond donors (Lipinski definition) is 2. The smallest absolute Gasteiger partial charge is 0.191 e. The minimum absolute atomic E-state index is 0.170. The van der Waals surface area contributed by atoms with Gasteiger partial charge in [0.1, 0.15) is 0 Å². The molecule has 3 aromatic rings. The van der Waals surface area contributed by atoms with Crippen LogP contribution >= 0.6 is 0 Å². The number of aliphatic imine (C=N–C) groups is 1. The average molecular weight is 362 g/mol. The van der Waals surface area contributed by atoms with Crippen molar-refractivity contribution in [2.24, 2.45) is 4.99 Å². The van der Waals surface area contributed by atoms with Crippen molar-refractivity contribution >= 4 is 5.96 Å². The van der Waals surface area contributed by atoms with E-state index in [-0.39, 0.29) is 6.04 Å². The van der Waals surface area contributed by atoms with E-state index < -0.39 is 0 Å². The van der Waals surface area contributed by atoms with Crippen molar-refractivity contribution in [1.82, 2.24) is 25.4 Å². The van der Waals surface area contributed by atoms with Crippen molar-refractivity contribution in [2.45, 2.75) is 33.4 Å². The molecule has 0 aliphatic heterocycles. The van der Waals surface area contributed by atoms with Gasteiger partial charge in [-0.05, 0) is 44.0 Å². The lowest BCUT2D eigenvalue weighted by atomic mass is 10.1. The Morgan fingerprint density at radius 3 is 2.52 bits per heavy atom. The summed E-state index contributed by atoms with van der Waals surface area (Å²) in [5, 5.41) is 11.2. The lowest BCUT2D eigenvalue weighted by Crippen LogP contribution is -2.38. The second kappa shape index (κ2) is 8.49. The van der Waals surface area contributed by atoms with E-state index in [4.69, 9.17) is 0 Å². The molecule has 0 saturated carbocycles. The largest absolute Gasteiger partial charge is 0.352 e. The molecule has 1 unspecified atom stereocenters. The highest BCUT2D eigenvalue weighted by Gasteiger charge is 2.08. The van der Waals surface area contributed by atoms with Gasteiger partial charge in [0, 0.05) is 25.5 Å². The van der Waals surface area contributed by atoms with Gasteiger partial charge in [0.05, 0.1) is 11.7 Å². The second-order valence-electron chi connectivity index (χ2n) is 6.57. The molecule has 0 bridgehead atoms. The second-order valence-corrected chi connectivity index (χ2v) is 6.57. The Kier molecular flexibility index (Phi) is 5.86. The van der Waals surface area contributed by atoms with E-state index in [1.165, 1.54) is 5.56 Å². The van der Waals surface area contributed by atoms with Crippen molar-refractivity contribution in [2.75, 3.05) is 7.05 Å². The van der Waals surface area contributed by atoms with Crippen LogP contribution in [-0.2, 0) is 6.54 Å². The first-order chi connectivity index (χ1) is 13.1. The molecule has 6 heteroatoms. The van der Waals surface area contributed by atoms with Gasteiger partial charge in [-0.1, -0.05) is 36.4 Å². The van der Waals surface area contributed by atoms with Crippen LogP contribution in [0.15, 0.2) is 59.7 Å². The van der Waals surface area contributed by atoms with Gasteiger partial charge >= 0.3 is 0 Å². The van der Waals surface area contributed by atoms with E-state index in [0.29, 0.717) is 6.54 Å². The van der Waals surface area contributed by atoms with Crippen LogP contribution in [-0.4, -0.2) is 27.8 Å². The summed E-state index contributed by atoms with van der Waals surface area (Å²) in [6.07, 6.45) is 1.87. The van der Waals surface area contributed by atoms with Crippen LogP contribution in [0.4, 0.5) is 0 Å². The molecule has 140 valence electrons. The lowest BCUT2D eigenvalue weighted by Gasteiger charge is -2.18. The number of rotatable bonds is 5. The highest BCUT2D eigenvalue weighted by Crippen LogP contribution is 2.12. The van der Waals surface area contributed by atoms with Gasteiger partial charge < -0.3 is 10.6 Å². The van der Waals surface area contributed by atoms with E-state index in [9.17, 15) is 0 Å². The van der Waals surface area contributed by atoms with Crippen LogP contribution in [0.2, 0.25) is 0 Å². The molecule has 2 aromatic heterocycles. The van der Waals surface area contributed by atoms with Crippen LogP contribution in [0.3, 0.4) is 0 Å². The molecule has 0 fully saturated rings. The van der Waals surface area contributed by atoms with Gasteiger partial charge in [-0.15, -0.1) is 0 Å². The molecule has 2 heterocycles. The fourth-order valence-electron chi connectivity index (χ4n) is 2.92. The fourth-order valence-corrected chi connectivity index (χ4v) is 2.92. The summed E-state index contributed by atoms with van der Waals surface area (Å²) in [6.45, 7) is 6.77. The van der Waals surface area contributed by atoms with Crippen molar-refractivity contribution < 1.29 is 0 Å². The first-order valence-electron chi connectivity index (χ1n) is 9.07. The zero-order chi connectivity index (χ0) is 19.2. The van der Waals surface area contributed by atoms with Crippen molar-refractivity contribution in [3.05, 3.63) is 77.2 Å². The number of hydrogen-bond acceptors (Lipinski definition) is 3. The third-order valence-electron chi connectivity index (χ3n) is 4.37. The molecular formula is C21H26N6. The van der Waals surface area contributed by atoms with Gasteiger partial charge in [0.15, 0.2) is 11.8 Å². The van der Waals surface area contributed by atoms with E-state index in [2.05, 4.69) is 50.8 Å². The molecule has 6 nitrogen and oxygen atoms in total. The molecule has 0 aliphatic rings. The summed E-state index contributed by atoms with van der Waals surface area (Å²) < 4.78 is 1.86. The number of pyridine rings is 1. The molecule has 0 aliphatic carbocycles. The lowest BCUT2D eigenvalue weighted by molar-refractivity contribution is 0.685. The standard InChI is InChI=1S/C21H26N6/c1-15-12-16(2)27(26-15)20-11-10-18(13-23-20)14-24-21(22-4)25-17(3)19-8-6-5-7-9-19/h5-13,17H,14H2,1-4H3,(H2,22,24,25). The summed E-state index contributed by atoms with van der Waals surface area (Å²) in [5.74, 6) is 1.58. The summed E-state index contributed by atoms with van der Waals surface area (Å²) in [7, 11) is 1.78. The Balaban J connectivity index is 1.59. The molecular weight excluding hydrogens is 336 g/mol. The Morgan fingerprint density at radius 2 is 1.93 bits per heavy atom. The molecule has 1 aromatic carbocycles. The number of guanidine groups is 1. The Bertz CT molecular complexity index is 896. The van der Waals surface area contributed by atoms with Crippen LogP contribution < -0.4 is 10.6 Å². The number of aromatic nitrogens is 3. The monoisotopic (exact) mass is 362 g/mol. The zero-order valence-electron chi connectivity index (χ0n) is 16.3. The summed E-state index contributed by atoms with van der Waals surface area (Å²) >= 11 is 0. The highest BCUT2D eigenvalue weighted by molar-refractivity contribution is 5.80. The van der Waals surface area contributed by atoms with Crippen LogP contribution in [0.5, 0.6) is 0 Å². The first kappa shape index (κ1) is 18.6. The third kappa shape index (κ3) is 4.73. The SMILES string of the molecule is CN=C(NCc1ccc(-n2nc(C)cc2C)nc1)NC(C)c1ccccc1. The maximum absolute atomic E-state index is 4.54. The maximum Gasteiger partial charge on any atom is 0.191 e. The van der Waals surface area contributed by atoms with Crippen LogP contribution in [0.1, 0.15) is 35.5 Å². The summed E-state index contributed by atoms with van der Waals surface area (Å²) in [5.41, 5.74) is 4.36. The Morgan fingerprint density at radius 1 is 1.15 bits per heavy atom. The molecule has 0 saturated heterocycles. The topological polar surface area (TPSA) is 67.1 Å². The van der Waals surface area contributed by atoms with Crippen LogP contribution in [0, 0.1) is 13.8 Å². The first-order valence-corrected chi connectivity index (χ1v) is 9.07. The Hall–Kier alpha value is -3.15. The number of aryl methyl sites for hydroxylation is 2. The normalized spacial score (nSPS) is 12.7. The van der Waals surface area contributed by atoms with Crippen molar-refractivity contribution in [3.63, 3.8) is 0 Å². The fraction of sp³-hybridized carbons (Fsp3) is 0.286. The molecule has 2 N–H and O–H groups in total. The van der Waals surface area contributed by atoms with Gasteiger partial charge in [-0.2, -0.15) is 5.10 Å². The van der Waals surface area contributed by atoms with Gasteiger partial charge in [0.2, 0.25) is 0 Å². The van der Waals surface area contributed by atoms with Gasteiger partial charge in [-0.25, -0.2) is 9.67 Å². The van der Waals surface area contributed by atoms with Crippen molar-refractivity contribution in [3.8, 4) is 5.82 Å². The minimum atomic E-state index is 0.170. The zero-order valence-corrected chi connectivity index (χ0v) is 16.3. The molecule has 1 atom stereocenters. The third-order valence-corrected chi connectivity index (χ3v) is 4.37. The van der Waals surface area contributed by atoms with E-state index in [1.54, 1.807) is 7.05 Å². The van der Waals surface area contributed by atoms with Crippen LogP contribution in [0.25, 0.3) is 5.82 Å². The Labute approximate surface area is 160 Å². The van der Waals surface area contributed by atoms with E-state index in [1.807, 2.05) is 55.1 Å². The highest BCUT2D eigenvalue weighted by atomic mass is 15.3. The quantitative estimate of drug-likeness (QED) is 0.540. The summed E-state index contributed by atoms with van der Waals surface area (Å²) in [6, 6.07) is 16.6. The number of nitrogens with one attached hydrogen (secondary N) is 2. The summed E-state index contributed by atoms with van der Waals surface area (Å²) in [4.78, 5) is 8.84. The molecule has 0 spiro atoms. The molecule has 27 heavy (non-hydrogen) atoms.